The topological polar surface area (TPSA) is 92.9 Å². The first kappa shape index (κ1) is 14.7. The molecular formula is C16H12N2O5. The van der Waals surface area contributed by atoms with Crippen LogP contribution in [-0.4, -0.2) is 21.0 Å². The highest BCUT2D eigenvalue weighted by Crippen LogP contribution is 2.36. The summed E-state index contributed by atoms with van der Waals surface area (Å²) in [5.74, 6) is -0.240. The SMILES string of the molecule is CC1=C(c2ccccc2)O/C(=C2\C=C([N+](=O)[O-])C=CC2=O)N1O. The number of ketones is 1. The van der Waals surface area contributed by atoms with E-state index >= 15 is 0 Å². The number of benzene rings is 1. The molecule has 0 unspecified atom stereocenters. The Bertz CT molecular complexity index is 818. The summed E-state index contributed by atoms with van der Waals surface area (Å²) < 4.78 is 5.62. The number of nitrogens with zero attached hydrogens (tertiary/aromatic N) is 2. The Balaban J connectivity index is 2.05. The van der Waals surface area contributed by atoms with Gasteiger partial charge in [-0.15, -0.1) is 0 Å². The van der Waals surface area contributed by atoms with Gasteiger partial charge in [0.2, 0.25) is 5.88 Å². The molecule has 0 saturated heterocycles. The van der Waals surface area contributed by atoms with Gasteiger partial charge in [0.25, 0.3) is 5.70 Å². The lowest BCUT2D eigenvalue weighted by atomic mass is 10.1. The quantitative estimate of drug-likeness (QED) is 0.512. The minimum Gasteiger partial charge on any atom is -0.435 e. The summed E-state index contributed by atoms with van der Waals surface area (Å²) in [5, 5.41) is 21.8. The van der Waals surface area contributed by atoms with E-state index in [1.54, 1.807) is 19.1 Å². The Morgan fingerprint density at radius 2 is 1.91 bits per heavy atom. The Kier molecular flexibility index (Phi) is 3.55. The summed E-state index contributed by atoms with van der Waals surface area (Å²) in [7, 11) is 0. The maximum Gasteiger partial charge on any atom is 0.270 e. The van der Waals surface area contributed by atoms with Crippen LogP contribution >= 0.6 is 0 Å². The minimum atomic E-state index is -0.613. The highest BCUT2D eigenvalue weighted by Gasteiger charge is 2.32. The second-order valence-electron chi connectivity index (χ2n) is 4.94. The van der Waals surface area contributed by atoms with Gasteiger partial charge >= 0.3 is 0 Å². The van der Waals surface area contributed by atoms with Crippen LogP contribution in [0.2, 0.25) is 0 Å². The number of nitro groups is 1. The van der Waals surface area contributed by atoms with Crippen LogP contribution < -0.4 is 0 Å². The Hall–Kier alpha value is -3.19. The van der Waals surface area contributed by atoms with Gasteiger partial charge in [-0.05, 0) is 13.0 Å². The van der Waals surface area contributed by atoms with E-state index in [1.165, 1.54) is 0 Å². The molecule has 0 fully saturated rings. The molecule has 1 N–H and O–H groups in total. The van der Waals surface area contributed by atoms with Gasteiger partial charge in [-0.2, -0.15) is 5.06 Å². The first-order valence-corrected chi connectivity index (χ1v) is 6.75. The predicted octanol–water partition coefficient (Wildman–Crippen LogP) is 2.61. The molecule has 0 aromatic heterocycles. The molecule has 0 amide bonds. The van der Waals surface area contributed by atoms with Gasteiger partial charge in [-0.1, -0.05) is 30.3 Å². The number of hydroxylamine groups is 2. The normalized spacial score (nSPS) is 20.7. The van der Waals surface area contributed by atoms with Crippen molar-refractivity contribution in [1.82, 2.24) is 5.06 Å². The van der Waals surface area contributed by atoms with Crippen molar-refractivity contribution in [3.8, 4) is 0 Å². The zero-order valence-corrected chi connectivity index (χ0v) is 12.1. The summed E-state index contributed by atoms with van der Waals surface area (Å²) in [5.41, 5.74) is 0.774. The fourth-order valence-electron chi connectivity index (χ4n) is 2.29. The molecule has 1 aromatic carbocycles. The molecule has 2 aliphatic rings. The van der Waals surface area contributed by atoms with Crippen LogP contribution in [0.1, 0.15) is 12.5 Å². The number of rotatable bonds is 2. The van der Waals surface area contributed by atoms with Gasteiger partial charge in [-0.25, -0.2) is 0 Å². The van der Waals surface area contributed by atoms with E-state index in [1.807, 2.05) is 18.2 Å². The molecule has 0 saturated carbocycles. The number of allylic oxidation sites excluding steroid dienone is 5. The van der Waals surface area contributed by atoms with Crippen molar-refractivity contribution >= 4 is 11.5 Å². The standard InChI is InChI=1S/C16H12N2O5/c1-10-15(11-5-3-2-4-6-11)23-16(17(10)20)13-9-12(18(21)22)7-8-14(13)19/h2-9,20H,1H3/b16-13+. The largest absolute Gasteiger partial charge is 0.435 e. The van der Waals surface area contributed by atoms with Crippen LogP contribution in [0.5, 0.6) is 0 Å². The van der Waals surface area contributed by atoms with Crippen molar-refractivity contribution in [1.29, 1.82) is 0 Å². The maximum atomic E-state index is 12.0. The van der Waals surface area contributed by atoms with Crippen molar-refractivity contribution in [2.45, 2.75) is 6.92 Å². The molecular weight excluding hydrogens is 300 g/mol. The van der Waals surface area contributed by atoms with E-state index in [0.29, 0.717) is 11.5 Å². The van der Waals surface area contributed by atoms with E-state index in [2.05, 4.69) is 0 Å². The highest BCUT2D eigenvalue weighted by atomic mass is 16.6. The summed E-state index contributed by atoms with van der Waals surface area (Å²) in [6, 6.07) is 9.05. The van der Waals surface area contributed by atoms with Crippen molar-refractivity contribution in [3.63, 3.8) is 0 Å². The van der Waals surface area contributed by atoms with Gasteiger partial charge in [-0.3, -0.25) is 20.1 Å². The van der Waals surface area contributed by atoms with E-state index < -0.39 is 10.7 Å². The zero-order chi connectivity index (χ0) is 16.6. The van der Waals surface area contributed by atoms with E-state index in [4.69, 9.17) is 4.74 Å². The first-order valence-electron chi connectivity index (χ1n) is 6.75. The summed E-state index contributed by atoms with van der Waals surface area (Å²) in [6.45, 7) is 1.62. The van der Waals surface area contributed by atoms with Gasteiger partial charge in [0.05, 0.1) is 16.2 Å². The predicted molar refractivity (Wildman–Crippen MR) is 80.0 cm³/mol. The molecule has 3 rings (SSSR count). The van der Waals surface area contributed by atoms with Gasteiger partial charge in [0, 0.05) is 17.7 Å². The van der Waals surface area contributed by atoms with E-state index in [0.717, 1.165) is 28.9 Å². The Morgan fingerprint density at radius 1 is 1.22 bits per heavy atom. The van der Waals surface area contributed by atoms with E-state index in [9.17, 15) is 20.1 Å². The molecule has 0 radical (unpaired) electrons. The van der Waals surface area contributed by atoms with E-state index in [-0.39, 0.29) is 17.2 Å². The second-order valence-corrected chi connectivity index (χ2v) is 4.94. The Labute approximate surface area is 131 Å². The van der Waals surface area contributed by atoms with Crippen LogP contribution in [0.3, 0.4) is 0 Å². The molecule has 1 aliphatic heterocycles. The minimum absolute atomic E-state index is 0.0769. The maximum absolute atomic E-state index is 12.0. The number of carbonyl (C=O) groups excluding carboxylic acids is 1. The highest BCUT2D eigenvalue weighted by molar-refractivity contribution is 6.08. The molecule has 116 valence electrons. The fourth-order valence-corrected chi connectivity index (χ4v) is 2.29. The molecule has 7 heteroatoms. The molecule has 23 heavy (non-hydrogen) atoms. The average Bonchev–Trinajstić information content (AvgIpc) is 2.84. The smallest absolute Gasteiger partial charge is 0.270 e. The summed E-state index contributed by atoms with van der Waals surface area (Å²) in [6.07, 6.45) is 3.27. The summed E-state index contributed by atoms with van der Waals surface area (Å²) >= 11 is 0. The lowest BCUT2D eigenvalue weighted by molar-refractivity contribution is -0.419. The zero-order valence-electron chi connectivity index (χ0n) is 12.1. The van der Waals surface area contributed by atoms with Crippen LogP contribution in [0, 0.1) is 10.1 Å². The van der Waals surface area contributed by atoms with Crippen LogP contribution in [0.15, 0.2) is 71.4 Å². The van der Waals surface area contributed by atoms with Gasteiger partial charge in [0.1, 0.15) is 0 Å². The molecule has 1 heterocycles. The molecule has 0 spiro atoms. The Morgan fingerprint density at radius 3 is 2.57 bits per heavy atom. The summed E-state index contributed by atoms with van der Waals surface area (Å²) in [4.78, 5) is 22.3. The van der Waals surface area contributed by atoms with Crippen LogP contribution in [0.4, 0.5) is 0 Å². The molecule has 0 atom stereocenters. The van der Waals surface area contributed by atoms with Gasteiger partial charge in [0.15, 0.2) is 11.5 Å². The third-order valence-electron chi connectivity index (χ3n) is 3.48. The molecule has 1 aliphatic carbocycles. The fraction of sp³-hybridized carbons (Fsp3) is 0.0625. The van der Waals surface area contributed by atoms with Crippen molar-refractivity contribution in [2.24, 2.45) is 0 Å². The molecule has 0 bridgehead atoms. The van der Waals surface area contributed by atoms with Crippen LogP contribution in [0.25, 0.3) is 5.76 Å². The van der Waals surface area contributed by atoms with Crippen molar-refractivity contribution in [3.05, 3.63) is 87.1 Å². The van der Waals surface area contributed by atoms with Crippen molar-refractivity contribution < 1.29 is 19.7 Å². The second kappa shape index (κ2) is 5.54. The number of hydrogen-bond donors (Lipinski definition) is 1. The third kappa shape index (κ3) is 2.53. The monoisotopic (exact) mass is 312 g/mol. The molecule has 7 nitrogen and oxygen atoms in total. The third-order valence-corrected chi connectivity index (χ3v) is 3.48. The lowest BCUT2D eigenvalue weighted by Gasteiger charge is -2.13. The number of hydrogen-bond acceptors (Lipinski definition) is 6. The van der Waals surface area contributed by atoms with Crippen LogP contribution in [-0.2, 0) is 9.53 Å². The number of carbonyl (C=O) groups is 1. The first-order chi connectivity index (χ1) is 11.0. The van der Waals surface area contributed by atoms with Crippen molar-refractivity contribution in [2.75, 3.05) is 0 Å². The lowest BCUT2D eigenvalue weighted by Crippen LogP contribution is -2.18. The average molecular weight is 312 g/mol. The number of ether oxygens (including phenoxy) is 1. The molecule has 1 aromatic rings. The van der Waals surface area contributed by atoms with Gasteiger partial charge < -0.3 is 4.74 Å².